The van der Waals surface area contributed by atoms with Gasteiger partial charge in [0.25, 0.3) is 5.56 Å². The highest BCUT2D eigenvalue weighted by Crippen LogP contribution is 2.19. The first-order valence-electron chi connectivity index (χ1n) is 8.73. The number of hydrogen-bond acceptors (Lipinski definition) is 4. The number of hydrogen-bond donors (Lipinski definition) is 1. The molecule has 0 fully saturated rings. The van der Waals surface area contributed by atoms with Crippen molar-refractivity contribution in [1.29, 1.82) is 0 Å². The quantitative estimate of drug-likeness (QED) is 0.730. The van der Waals surface area contributed by atoms with Crippen molar-refractivity contribution in [3.05, 3.63) is 76.6 Å². The van der Waals surface area contributed by atoms with Crippen LogP contribution in [0, 0.1) is 6.92 Å². The predicted octanol–water partition coefficient (Wildman–Crippen LogP) is 3.26. The molecule has 0 aliphatic rings. The van der Waals surface area contributed by atoms with Crippen LogP contribution in [0.2, 0.25) is 0 Å². The van der Waals surface area contributed by atoms with E-state index in [1.165, 1.54) is 6.07 Å². The molecule has 138 valence electrons. The number of carbonyl (C=O) groups is 1. The zero-order chi connectivity index (χ0) is 19.2. The van der Waals surface area contributed by atoms with Gasteiger partial charge >= 0.3 is 0 Å². The molecule has 1 aromatic heterocycles. The van der Waals surface area contributed by atoms with E-state index in [0.29, 0.717) is 18.0 Å². The molecule has 27 heavy (non-hydrogen) atoms. The molecule has 0 aliphatic heterocycles. The van der Waals surface area contributed by atoms with Crippen molar-refractivity contribution in [3.63, 3.8) is 0 Å². The lowest BCUT2D eigenvalue weighted by atomic mass is 10.1. The van der Waals surface area contributed by atoms with Gasteiger partial charge in [-0.3, -0.25) is 9.59 Å². The average Bonchev–Trinajstić information content (AvgIpc) is 2.64. The molecule has 0 saturated carbocycles. The maximum Gasteiger partial charge on any atom is 0.267 e. The largest absolute Gasteiger partial charge is 0.494 e. The van der Waals surface area contributed by atoms with Crippen molar-refractivity contribution < 1.29 is 9.53 Å². The summed E-state index contributed by atoms with van der Waals surface area (Å²) in [6.45, 7) is 4.31. The van der Waals surface area contributed by atoms with Crippen LogP contribution >= 0.6 is 0 Å². The summed E-state index contributed by atoms with van der Waals surface area (Å²) in [5.74, 6) is 0.464. The number of anilines is 1. The van der Waals surface area contributed by atoms with Crippen LogP contribution in [0.15, 0.2) is 65.5 Å². The first-order valence-corrected chi connectivity index (χ1v) is 8.73. The third kappa shape index (κ3) is 4.82. The summed E-state index contributed by atoms with van der Waals surface area (Å²) in [6, 6.07) is 18.0. The average molecular weight is 363 g/mol. The lowest BCUT2D eigenvalue weighted by Crippen LogP contribution is -2.29. The molecule has 6 nitrogen and oxygen atoms in total. The molecule has 0 unspecified atom stereocenters. The lowest BCUT2D eigenvalue weighted by Gasteiger charge is -2.09. The van der Waals surface area contributed by atoms with Crippen LogP contribution in [0.3, 0.4) is 0 Å². The Morgan fingerprint density at radius 3 is 2.59 bits per heavy atom. The first-order chi connectivity index (χ1) is 13.0. The van der Waals surface area contributed by atoms with Crippen molar-refractivity contribution in [2.75, 3.05) is 11.9 Å². The molecule has 0 saturated heterocycles. The standard InChI is InChI=1S/C21H21N3O3/c1-3-27-18-9-7-16(8-10-18)19-11-12-21(26)24(23-19)14-20(25)22-17-6-4-5-15(2)13-17/h4-13H,3,14H2,1-2H3,(H,22,25). The van der Waals surface area contributed by atoms with E-state index >= 15 is 0 Å². The van der Waals surface area contributed by atoms with E-state index in [1.807, 2.05) is 56.3 Å². The zero-order valence-electron chi connectivity index (χ0n) is 15.3. The summed E-state index contributed by atoms with van der Waals surface area (Å²) in [5, 5.41) is 7.10. The molecule has 3 rings (SSSR count). The molecule has 1 N–H and O–H groups in total. The van der Waals surface area contributed by atoms with E-state index in [9.17, 15) is 9.59 Å². The minimum atomic E-state index is -0.330. The molecule has 2 aromatic carbocycles. The maximum atomic E-state index is 12.3. The molecule has 0 atom stereocenters. The summed E-state index contributed by atoms with van der Waals surface area (Å²) in [5.41, 5.74) is 2.85. The van der Waals surface area contributed by atoms with Gasteiger partial charge in [-0.15, -0.1) is 0 Å². The highest BCUT2D eigenvalue weighted by Gasteiger charge is 2.09. The Morgan fingerprint density at radius 1 is 1.11 bits per heavy atom. The number of aromatic nitrogens is 2. The highest BCUT2D eigenvalue weighted by molar-refractivity contribution is 5.90. The summed E-state index contributed by atoms with van der Waals surface area (Å²) in [6.07, 6.45) is 0. The molecular weight excluding hydrogens is 342 g/mol. The first kappa shape index (κ1) is 18.4. The smallest absolute Gasteiger partial charge is 0.267 e. The van der Waals surface area contributed by atoms with Gasteiger partial charge in [0.1, 0.15) is 12.3 Å². The summed E-state index contributed by atoms with van der Waals surface area (Å²) >= 11 is 0. The predicted molar refractivity (Wildman–Crippen MR) is 105 cm³/mol. The molecule has 0 radical (unpaired) electrons. The molecule has 0 aliphatic carbocycles. The van der Waals surface area contributed by atoms with Gasteiger partial charge in [0.2, 0.25) is 5.91 Å². The Balaban J connectivity index is 1.76. The second-order valence-corrected chi connectivity index (χ2v) is 6.09. The number of aryl methyl sites for hydroxylation is 1. The fourth-order valence-electron chi connectivity index (χ4n) is 2.66. The van der Waals surface area contributed by atoms with E-state index in [1.54, 1.807) is 12.1 Å². The second kappa shape index (κ2) is 8.31. The summed E-state index contributed by atoms with van der Waals surface area (Å²) in [4.78, 5) is 24.4. The van der Waals surface area contributed by atoms with Crippen molar-refractivity contribution in [3.8, 4) is 17.0 Å². The number of rotatable bonds is 6. The topological polar surface area (TPSA) is 73.2 Å². The van der Waals surface area contributed by atoms with Crippen LogP contribution in [0.1, 0.15) is 12.5 Å². The summed E-state index contributed by atoms with van der Waals surface area (Å²) in [7, 11) is 0. The number of nitrogens with zero attached hydrogens (tertiary/aromatic N) is 2. The van der Waals surface area contributed by atoms with E-state index in [0.717, 1.165) is 21.6 Å². The molecule has 1 heterocycles. The Hall–Kier alpha value is -3.41. The van der Waals surface area contributed by atoms with Crippen LogP contribution in [0.5, 0.6) is 5.75 Å². The lowest BCUT2D eigenvalue weighted by molar-refractivity contribution is -0.117. The van der Waals surface area contributed by atoms with E-state index in [-0.39, 0.29) is 18.0 Å². The minimum Gasteiger partial charge on any atom is -0.494 e. The molecular formula is C21H21N3O3. The van der Waals surface area contributed by atoms with Crippen molar-refractivity contribution >= 4 is 11.6 Å². The van der Waals surface area contributed by atoms with Gasteiger partial charge in [-0.1, -0.05) is 12.1 Å². The van der Waals surface area contributed by atoms with Gasteiger partial charge in [0, 0.05) is 17.3 Å². The Bertz CT molecular complexity index is 994. The summed E-state index contributed by atoms with van der Waals surface area (Å²) < 4.78 is 6.59. The molecule has 0 spiro atoms. The third-order valence-electron chi connectivity index (χ3n) is 3.92. The maximum absolute atomic E-state index is 12.3. The van der Waals surface area contributed by atoms with Gasteiger partial charge in [-0.25, -0.2) is 4.68 Å². The second-order valence-electron chi connectivity index (χ2n) is 6.09. The van der Waals surface area contributed by atoms with Gasteiger partial charge in [0.05, 0.1) is 12.3 Å². The van der Waals surface area contributed by atoms with Gasteiger partial charge in [-0.05, 0) is 61.9 Å². The minimum absolute atomic E-state index is 0.155. The molecule has 1 amide bonds. The Kier molecular flexibility index (Phi) is 5.66. The van der Waals surface area contributed by atoms with Crippen molar-refractivity contribution in [1.82, 2.24) is 9.78 Å². The van der Waals surface area contributed by atoms with Crippen LogP contribution in [-0.4, -0.2) is 22.3 Å². The molecule has 3 aromatic rings. The third-order valence-corrected chi connectivity index (χ3v) is 3.92. The fraction of sp³-hybridized carbons (Fsp3) is 0.190. The highest BCUT2D eigenvalue weighted by atomic mass is 16.5. The van der Waals surface area contributed by atoms with E-state index in [2.05, 4.69) is 10.4 Å². The van der Waals surface area contributed by atoms with Crippen LogP contribution in [0.25, 0.3) is 11.3 Å². The number of carbonyl (C=O) groups excluding carboxylic acids is 1. The normalized spacial score (nSPS) is 10.4. The SMILES string of the molecule is CCOc1ccc(-c2ccc(=O)n(CC(=O)Nc3cccc(C)c3)n2)cc1. The van der Waals surface area contributed by atoms with E-state index < -0.39 is 0 Å². The number of nitrogens with one attached hydrogen (secondary N) is 1. The fourth-order valence-corrected chi connectivity index (χ4v) is 2.66. The monoisotopic (exact) mass is 363 g/mol. The van der Waals surface area contributed by atoms with Crippen LogP contribution in [-0.2, 0) is 11.3 Å². The van der Waals surface area contributed by atoms with Gasteiger partial charge < -0.3 is 10.1 Å². The Morgan fingerprint density at radius 2 is 1.89 bits per heavy atom. The van der Waals surface area contributed by atoms with E-state index in [4.69, 9.17) is 4.74 Å². The number of benzene rings is 2. The van der Waals surface area contributed by atoms with Crippen LogP contribution in [0.4, 0.5) is 5.69 Å². The molecule has 6 heteroatoms. The number of ether oxygens (including phenoxy) is 1. The van der Waals surface area contributed by atoms with Gasteiger partial charge in [0.15, 0.2) is 0 Å². The molecule has 0 bridgehead atoms. The Labute approximate surface area is 157 Å². The zero-order valence-corrected chi connectivity index (χ0v) is 15.3. The van der Waals surface area contributed by atoms with Gasteiger partial charge in [-0.2, -0.15) is 5.10 Å². The number of amides is 1. The van der Waals surface area contributed by atoms with Crippen molar-refractivity contribution in [2.24, 2.45) is 0 Å². The van der Waals surface area contributed by atoms with Crippen molar-refractivity contribution in [2.45, 2.75) is 20.4 Å². The van der Waals surface area contributed by atoms with Crippen LogP contribution < -0.4 is 15.6 Å².